The van der Waals surface area contributed by atoms with Crippen LogP contribution in [0.15, 0.2) is 46.9 Å². The third-order valence-electron chi connectivity index (χ3n) is 2.62. The molecular formula is C14H14BrN3S. The van der Waals surface area contributed by atoms with Crippen molar-refractivity contribution in [1.82, 2.24) is 0 Å². The second-order valence-electron chi connectivity index (χ2n) is 4.13. The number of anilines is 3. The van der Waals surface area contributed by atoms with Gasteiger partial charge in [0.05, 0.1) is 11.4 Å². The first-order chi connectivity index (χ1) is 9.06. The van der Waals surface area contributed by atoms with Gasteiger partial charge in [-0.1, -0.05) is 28.1 Å². The molecule has 3 nitrogen and oxygen atoms in total. The molecule has 98 valence electrons. The third-order valence-corrected chi connectivity index (χ3v) is 3.72. The molecule has 0 saturated heterocycles. The number of nitrogens with one attached hydrogen (secondary N) is 2. The molecule has 0 heterocycles. The number of aryl methyl sites for hydroxylation is 1. The van der Waals surface area contributed by atoms with E-state index < -0.39 is 0 Å². The van der Waals surface area contributed by atoms with Crippen LogP contribution in [0.2, 0.25) is 0 Å². The maximum absolute atomic E-state index is 5.85. The van der Waals surface area contributed by atoms with E-state index in [1.165, 1.54) is 0 Å². The van der Waals surface area contributed by atoms with Crippen molar-refractivity contribution in [1.29, 1.82) is 0 Å². The van der Waals surface area contributed by atoms with Crippen molar-refractivity contribution in [2.45, 2.75) is 6.92 Å². The fraction of sp³-hybridized carbons (Fsp3) is 0.0714. The minimum Gasteiger partial charge on any atom is -0.397 e. The molecule has 0 fully saturated rings. The minimum absolute atomic E-state index is 0.514. The molecule has 2 aromatic rings. The molecular weight excluding hydrogens is 322 g/mol. The summed E-state index contributed by atoms with van der Waals surface area (Å²) in [5.74, 6) is 0. The molecule has 0 aliphatic heterocycles. The Hall–Kier alpha value is -1.59. The van der Waals surface area contributed by atoms with E-state index in [-0.39, 0.29) is 0 Å². The summed E-state index contributed by atoms with van der Waals surface area (Å²) >= 11 is 8.73. The van der Waals surface area contributed by atoms with Crippen LogP contribution in [-0.2, 0) is 0 Å². The summed E-state index contributed by atoms with van der Waals surface area (Å²) in [6.45, 7) is 2.03. The Bertz CT molecular complexity index is 613. The Labute approximate surface area is 126 Å². The van der Waals surface area contributed by atoms with Crippen LogP contribution in [0.3, 0.4) is 0 Å². The molecule has 0 unspecified atom stereocenters. The van der Waals surface area contributed by atoms with Crippen LogP contribution < -0.4 is 16.4 Å². The number of nitrogen functional groups attached to an aromatic ring is 1. The molecule has 0 spiro atoms. The molecule has 0 radical (unpaired) electrons. The quantitative estimate of drug-likeness (QED) is 0.570. The molecule has 0 aliphatic rings. The Balaban J connectivity index is 2.05. The van der Waals surface area contributed by atoms with Crippen molar-refractivity contribution in [3.8, 4) is 0 Å². The van der Waals surface area contributed by atoms with Crippen molar-refractivity contribution < 1.29 is 0 Å². The molecule has 0 aliphatic carbocycles. The molecule has 4 N–H and O–H groups in total. The van der Waals surface area contributed by atoms with E-state index in [4.69, 9.17) is 18.0 Å². The summed E-state index contributed by atoms with van der Waals surface area (Å²) in [7, 11) is 0. The summed E-state index contributed by atoms with van der Waals surface area (Å²) in [6.07, 6.45) is 0. The van der Waals surface area contributed by atoms with Crippen LogP contribution in [0.1, 0.15) is 5.56 Å². The normalized spacial score (nSPS) is 10.0. The number of hydrogen-bond acceptors (Lipinski definition) is 2. The van der Waals surface area contributed by atoms with Crippen LogP contribution in [0, 0.1) is 6.92 Å². The van der Waals surface area contributed by atoms with Crippen molar-refractivity contribution in [3.63, 3.8) is 0 Å². The lowest BCUT2D eigenvalue weighted by atomic mass is 10.2. The average molecular weight is 336 g/mol. The number of para-hydroxylation sites is 2. The maximum atomic E-state index is 5.85. The van der Waals surface area contributed by atoms with Gasteiger partial charge in [0.25, 0.3) is 0 Å². The fourth-order valence-corrected chi connectivity index (χ4v) is 2.09. The molecule has 19 heavy (non-hydrogen) atoms. The van der Waals surface area contributed by atoms with Gasteiger partial charge in [-0.15, -0.1) is 0 Å². The van der Waals surface area contributed by atoms with E-state index in [9.17, 15) is 0 Å². The molecule has 2 rings (SSSR count). The standard InChI is InChI=1S/C14H14BrN3S/c1-9-8-10(6-7-11(9)15)17-14(19)18-13-5-3-2-4-12(13)16/h2-8H,16H2,1H3,(H2,17,18,19). The summed E-state index contributed by atoms with van der Waals surface area (Å²) in [5.41, 5.74) is 9.40. The van der Waals surface area contributed by atoms with Gasteiger partial charge in [0.1, 0.15) is 0 Å². The first-order valence-corrected chi connectivity index (χ1v) is 6.95. The molecule has 0 atom stereocenters. The highest BCUT2D eigenvalue weighted by molar-refractivity contribution is 9.10. The molecule has 5 heteroatoms. The Morgan fingerprint density at radius 3 is 2.58 bits per heavy atom. The van der Waals surface area contributed by atoms with Gasteiger partial charge in [0.2, 0.25) is 0 Å². The van der Waals surface area contributed by atoms with Crippen LogP contribution in [0.5, 0.6) is 0 Å². The van der Waals surface area contributed by atoms with E-state index in [1.807, 2.05) is 49.4 Å². The number of rotatable bonds is 2. The van der Waals surface area contributed by atoms with Gasteiger partial charge in [-0.25, -0.2) is 0 Å². The predicted molar refractivity (Wildman–Crippen MR) is 89.6 cm³/mol. The van der Waals surface area contributed by atoms with Crippen LogP contribution >= 0.6 is 28.1 Å². The Morgan fingerprint density at radius 1 is 1.16 bits per heavy atom. The third kappa shape index (κ3) is 3.68. The van der Waals surface area contributed by atoms with Gasteiger partial charge >= 0.3 is 0 Å². The van der Waals surface area contributed by atoms with E-state index in [2.05, 4.69) is 26.6 Å². The maximum Gasteiger partial charge on any atom is 0.175 e. The van der Waals surface area contributed by atoms with Crippen LogP contribution in [0.25, 0.3) is 0 Å². The number of hydrogen-bond donors (Lipinski definition) is 3. The van der Waals surface area contributed by atoms with E-state index in [0.29, 0.717) is 10.8 Å². The zero-order valence-corrected chi connectivity index (χ0v) is 12.8. The smallest absolute Gasteiger partial charge is 0.175 e. The van der Waals surface area contributed by atoms with Crippen molar-refractivity contribution in [2.75, 3.05) is 16.4 Å². The zero-order valence-electron chi connectivity index (χ0n) is 10.4. The van der Waals surface area contributed by atoms with Gasteiger partial charge in [-0.2, -0.15) is 0 Å². The zero-order chi connectivity index (χ0) is 13.8. The minimum atomic E-state index is 0.514. The van der Waals surface area contributed by atoms with Crippen molar-refractivity contribution >= 4 is 50.3 Å². The summed E-state index contributed by atoms with van der Waals surface area (Å²) in [5, 5.41) is 6.72. The highest BCUT2D eigenvalue weighted by Crippen LogP contribution is 2.21. The second-order valence-corrected chi connectivity index (χ2v) is 5.39. The highest BCUT2D eigenvalue weighted by Gasteiger charge is 2.02. The predicted octanol–water partition coefficient (Wildman–Crippen LogP) is 4.15. The Morgan fingerprint density at radius 2 is 1.89 bits per heavy atom. The van der Waals surface area contributed by atoms with Crippen molar-refractivity contribution in [2.24, 2.45) is 0 Å². The van der Waals surface area contributed by atoms with E-state index in [1.54, 1.807) is 0 Å². The average Bonchev–Trinajstić information content (AvgIpc) is 2.37. The summed E-state index contributed by atoms with van der Waals surface area (Å²) in [6, 6.07) is 13.5. The molecule has 0 saturated carbocycles. The first kappa shape index (κ1) is 13.8. The number of thiocarbonyl (C=S) groups is 1. The number of nitrogens with two attached hydrogens (primary N) is 1. The van der Waals surface area contributed by atoms with Crippen LogP contribution in [-0.4, -0.2) is 5.11 Å². The van der Waals surface area contributed by atoms with Gasteiger partial charge < -0.3 is 16.4 Å². The van der Waals surface area contributed by atoms with E-state index >= 15 is 0 Å². The lowest BCUT2D eigenvalue weighted by molar-refractivity contribution is 1.43. The first-order valence-electron chi connectivity index (χ1n) is 5.75. The van der Waals surface area contributed by atoms with Gasteiger partial charge in [-0.05, 0) is 55.0 Å². The molecule has 0 bridgehead atoms. The number of benzene rings is 2. The van der Waals surface area contributed by atoms with Crippen LogP contribution in [0.4, 0.5) is 17.1 Å². The summed E-state index contributed by atoms with van der Waals surface area (Å²) in [4.78, 5) is 0. The van der Waals surface area contributed by atoms with Gasteiger partial charge in [-0.3, -0.25) is 0 Å². The van der Waals surface area contributed by atoms with Gasteiger partial charge in [0, 0.05) is 10.2 Å². The highest BCUT2D eigenvalue weighted by atomic mass is 79.9. The SMILES string of the molecule is Cc1cc(NC(=S)Nc2ccccc2N)ccc1Br. The lowest BCUT2D eigenvalue weighted by Crippen LogP contribution is -2.19. The number of halogens is 1. The Kier molecular flexibility index (Phi) is 4.39. The molecule has 0 amide bonds. The topological polar surface area (TPSA) is 50.1 Å². The van der Waals surface area contributed by atoms with Crippen molar-refractivity contribution in [3.05, 3.63) is 52.5 Å². The largest absolute Gasteiger partial charge is 0.397 e. The molecule has 2 aromatic carbocycles. The van der Waals surface area contributed by atoms with E-state index in [0.717, 1.165) is 21.4 Å². The monoisotopic (exact) mass is 335 g/mol. The summed E-state index contributed by atoms with van der Waals surface area (Å²) < 4.78 is 1.07. The molecule has 0 aromatic heterocycles. The van der Waals surface area contributed by atoms with Gasteiger partial charge in [0.15, 0.2) is 5.11 Å². The fourth-order valence-electron chi connectivity index (χ4n) is 1.62. The lowest BCUT2D eigenvalue weighted by Gasteiger charge is -2.12. The second kappa shape index (κ2) is 6.04.